The van der Waals surface area contributed by atoms with Crippen LogP contribution in [0.3, 0.4) is 0 Å². The van der Waals surface area contributed by atoms with Crippen LogP contribution in [0.15, 0.2) is 29.8 Å². The van der Waals surface area contributed by atoms with Crippen molar-refractivity contribution in [1.82, 2.24) is 0 Å². The first-order chi connectivity index (χ1) is 8.45. The lowest BCUT2D eigenvalue weighted by molar-refractivity contribution is 0.112. The Kier molecular flexibility index (Phi) is 3.43. The van der Waals surface area contributed by atoms with Gasteiger partial charge in [0.05, 0.1) is 0 Å². The normalized spacial score (nSPS) is 22.4. The molecule has 0 N–H and O–H groups in total. The smallest absolute Gasteiger partial charge is 0.150 e. The van der Waals surface area contributed by atoms with Gasteiger partial charge in [0.25, 0.3) is 0 Å². The third-order valence-electron chi connectivity index (χ3n) is 4.23. The summed E-state index contributed by atoms with van der Waals surface area (Å²) in [6, 6.07) is 6.07. The van der Waals surface area contributed by atoms with E-state index in [-0.39, 0.29) is 0 Å². The summed E-state index contributed by atoms with van der Waals surface area (Å²) in [7, 11) is 0. The summed E-state index contributed by atoms with van der Waals surface area (Å²) in [6.45, 7) is 9.04. The number of hydrogen-bond donors (Lipinski definition) is 0. The van der Waals surface area contributed by atoms with Crippen LogP contribution in [0.4, 0.5) is 0 Å². The molecule has 1 aromatic carbocycles. The van der Waals surface area contributed by atoms with E-state index in [2.05, 4.69) is 39.8 Å². The fourth-order valence-electron chi connectivity index (χ4n) is 3.31. The molecule has 0 bridgehead atoms. The second-order valence-electron chi connectivity index (χ2n) is 6.14. The number of aldehydes is 1. The van der Waals surface area contributed by atoms with Crippen molar-refractivity contribution in [3.05, 3.63) is 46.5 Å². The zero-order valence-electron chi connectivity index (χ0n) is 11.8. The highest BCUT2D eigenvalue weighted by atomic mass is 16.1. The number of carbonyl (C=O) groups excluding carboxylic acids is 1. The number of allylic oxidation sites excluding steroid dienone is 2. The molecule has 0 spiro atoms. The third-order valence-corrected chi connectivity index (χ3v) is 4.23. The number of benzene rings is 1. The average molecular weight is 242 g/mol. The van der Waals surface area contributed by atoms with Crippen LogP contribution in [-0.2, 0) is 0 Å². The van der Waals surface area contributed by atoms with Gasteiger partial charge >= 0.3 is 0 Å². The molecule has 1 nitrogen and oxygen atoms in total. The van der Waals surface area contributed by atoms with Crippen molar-refractivity contribution in [1.29, 1.82) is 0 Å². The van der Waals surface area contributed by atoms with E-state index in [4.69, 9.17) is 0 Å². The van der Waals surface area contributed by atoms with Gasteiger partial charge in [-0.3, -0.25) is 4.79 Å². The van der Waals surface area contributed by atoms with Gasteiger partial charge in [0, 0.05) is 11.5 Å². The van der Waals surface area contributed by atoms with Gasteiger partial charge < -0.3 is 0 Å². The van der Waals surface area contributed by atoms with Crippen LogP contribution in [0.1, 0.15) is 61.0 Å². The van der Waals surface area contributed by atoms with Crippen LogP contribution < -0.4 is 0 Å². The molecule has 1 aliphatic rings. The first-order valence-corrected chi connectivity index (χ1v) is 6.68. The highest BCUT2D eigenvalue weighted by Crippen LogP contribution is 2.48. The number of rotatable bonds is 2. The summed E-state index contributed by atoms with van der Waals surface area (Å²) in [6.07, 6.45) is 5.69. The van der Waals surface area contributed by atoms with E-state index in [0.29, 0.717) is 11.3 Å². The van der Waals surface area contributed by atoms with Gasteiger partial charge in [-0.1, -0.05) is 37.6 Å². The Morgan fingerprint density at radius 1 is 1.28 bits per heavy atom. The molecule has 1 unspecified atom stereocenters. The summed E-state index contributed by atoms with van der Waals surface area (Å²) in [5.74, 6) is 0.479. The van der Waals surface area contributed by atoms with Crippen LogP contribution in [-0.4, -0.2) is 6.29 Å². The molecule has 1 aliphatic carbocycles. The molecule has 0 fully saturated rings. The average Bonchev–Trinajstić information content (AvgIpc) is 2.30. The lowest BCUT2D eigenvalue weighted by Crippen LogP contribution is -2.26. The van der Waals surface area contributed by atoms with Crippen molar-refractivity contribution < 1.29 is 4.79 Å². The van der Waals surface area contributed by atoms with E-state index in [1.165, 1.54) is 29.5 Å². The quantitative estimate of drug-likeness (QED) is 0.544. The highest BCUT2D eigenvalue weighted by molar-refractivity contribution is 5.75. The van der Waals surface area contributed by atoms with Gasteiger partial charge in [0.15, 0.2) is 0 Å². The molecule has 2 rings (SSSR count). The summed E-state index contributed by atoms with van der Waals surface area (Å²) in [4.78, 5) is 10.8. The maximum atomic E-state index is 10.8. The van der Waals surface area contributed by atoms with E-state index < -0.39 is 0 Å². The molecule has 0 heterocycles. The molecule has 0 aromatic heterocycles. The predicted molar refractivity (Wildman–Crippen MR) is 76.1 cm³/mol. The molecule has 96 valence electrons. The fourth-order valence-corrected chi connectivity index (χ4v) is 3.31. The molecular weight excluding hydrogens is 220 g/mol. The molecule has 0 radical (unpaired) electrons. The minimum absolute atomic E-state index is 0.298. The van der Waals surface area contributed by atoms with E-state index in [9.17, 15) is 4.79 Å². The summed E-state index contributed by atoms with van der Waals surface area (Å²) >= 11 is 0. The molecule has 1 atom stereocenters. The van der Waals surface area contributed by atoms with Crippen molar-refractivity contribution >= 4 is 6.29 Å². The molecule has 18 heavy (non-hydrogen) atoms. The summed E-state index contributed by atoms with van der Waals surface area (Å²) < 4.78 is 0. The Labute approximate surface area is 110 Å². The first kappa shape index (κ1) is 13.1. The standard InChI is InChI=1S/C17H22O/c1-12-6-5-9-17(3,4)16(12)15-8-7-14(11-18)10-13(15)2/h6-8,10-11,16H,5,9H2,1-4H3. The van der Waals surface area contributed by atoms with Crippen LogP contribution in [0.2, 0.25) is 0 Å². The van der Waals surface area contributed by atoms with Crippen LogP contribution in [0.25, 0.3) is 0 Å². The van der Waals surface area contributed by atoms with Gasteiger partial charge in [-0.05, 0) is 49.3 Å². The van der Waals surface area contributed by atoms with Gasteiger partial charge in [-0.2, -0.15) is 0 Å². The highest BCUT2D eigenvalue weighted by Gasteiger charge is 2.34. The number of aryl methyl sites for hydroxylation is 1. The Bertz CT molecular complexity index is 494. The Hall–Kier alpha value is -1.37. The maximum Gasteiger partial charge on any atom is 0.150 e. The van der Waals surface area contributed by atoms with E-state index in [1.54, 1.807) is 0 Å². The molecule has 0 aliphatic heterocycles. The third kappa shape index (κ3) is 2.27. The molecule has 0 saturated carbocycles. The van der Waals surface area contributed by atoms with Crippen LogP contribution in [0.5, 0.6) is 0 Å². The minimum Gasteiger partial charge on any atom is -0.298 e. The number of hydrogen-bond acceptors (Lipinski definition) is 1. The van der Waals surface area contributed by atoms with Gasteiger partial charge in [0.1, 0.15) is 6.29 Å². The van der Waals surface area contributed by atoms with E-state index >= 15 is 0 Å². The molecule has 0 amide bonds. The minimum atomic E-state index is 0.298. The van der Waals surface area contributed by atoms with Gasteiger partial charge in [0.2, 0.25) is 0 Å². The van der Waals surface area contributed by atoms with Gasteiger partial charge in [-0.25, -0.2) is 0 Å². The summed E-state index contributed by atoms with van der Waals surface area (Å²) in [5.41, 5.74) is 5.14. The van der Waals surface area contributed by atoms with Crippen LogP contribution >= 0.6 is 0 Å². The largest absolute Gasteiger partial charge is 0.298 e. The maximum absolute atomic E-state index is 10.8. The van der Waals surface area contributed by atoms with Crippen molar-refractivity contribution in [3.8, 4) is 0 Å². The second kappa shape index (κ2) is 4.72. The summed E-state index contributed by atoms with van der Waals surface area (Å²) in [5, 5.41) is 0. The SMILES string of the molecule is CC1=CCCC(C)(C)C1c1ccc(C=O)cc1C. The van der Waals surface area contributed by atoms with Crippen molar-refractivity contribution in [2.75, 3.05) is 0 Å². The molecule has 0 saturated heterocycles. The fraction of sp³-hybridized carbons (Fsp3) is 0.471. The van der Waals surface area contributed by atoms with Crippen molar-refractivity contribution in [3.63, 3.8) is 0 Å². The van der Waals surface area contributed by atoms with Crippen LogP contribution in [0, 0.1) is 12.3 Å². The zero-order valence-corrected chi connectivity index (χ0v) is 11.8. The molecule has 1 aromatic rings. The van der Waals surface area contributed by atoms with E-state index in [1.807, 2.05) is 12.1 Å². The predicted octanol–water partition coefficient (Wildman–Crippen LogP) is 4.66. The second-order valence-corrected chi connectivity index (χ2v) is 6.14. The van der Waals surface area contributed by atoms with Gasteiger partial charge in [-0.15, -0.1) is 0 Å². The first-order valence-electron chi connectivity index (χ1n) is 6.68. The lowest BCUT2D eigenvalue weighted by atomic mass is 9.65. The van der Waals surface area contributed by atoms with Crippen molar-refractivity contribution in [2.45, 2.75) is 46.5 Å². The monoisotopic (exact) mass is 242 g/mol. The van der Waals surface area contributed by atoms with Crippen molar-refractivity contribution in [2.24, 2.45) is 5.41 Å². The topological polar surface area (TPSA) is 17.1 Å². The lowest BCUT2D eigenvalue weighted by Gasteiger charge is -2.39. The zero-order chi connectivity index (χ0) is 13.3. The van der Waals surface area contributed by atoms with E-state index in [0.717, 1.165) is 11.8 Å². The Morgan fingerprint density at radius 2 is 2.00 bits per heavy atom. The number of carbonyl (C=O) groups is 1. The molecule has 1 heteroatoms. The Balaban J connectivity index is 2.49. The Morgan fingerprint density at radius 3 is 2.56 bits per heavy atom. The molecular formula is C17H22O.